The molecule has 1 aromatic rings. The van der Waals surface area contributed by atoms with Gasteiger partial charge in [0.25, 0.3) is 0 Å². The van der Waals surface area contributed by atoms with E-state index in [4.69, 9.17) is 11.1 Å². The van der Waals surface area contributed by atoms with Crippen molar-refractivity contribution < 1.29 is 4.79 Å². The van der Waals surface area contributed by atoms with E-state index in [9.17, 15) is 4.79 Å². The molecule has 0 bridgehead atoms. The normalized spacial score (nSPS) is 14.9. The van der Waals surface area contributed by atoms with Crippen LogP contribution in [0.2, 0.25) is 0 Å². The fraction of sp³-hybridized carbons (Fsp3) is 0.444. The Morgan fingerprint density at radius 3 is 2.41 bits per heavy atom. The van der Waals surface area contributed by atoms with Gasteiger partial charge >= 0.3 is 0 Å². The van der Waals surface area contributed by atoms with Crippen LogP contribution in [0.15, 0.2) is 24.3 Å². The van der Waals surface area contributed by atoms with Crippen LogP contribution in [0, 0.1) is 29.1 Å². The first-order valence-electron chi connectivity index (χ1n) is 7.63. The van der Waals surface area contributed by atoms with E-state index < -0.39 is 5.91 Å². The average Bonchev–Trinajstić information content (AvgIpc) is 3.30. The van der Waals surface area contributed by atoms with Crippen molar-refractivity contribution in [3.05, 3.63) is 35.4 Å². The number of nitrogens with two attached hydrogens (primary N) is 1. The lowest BCUT2D eigenvalue weighted by Crippen LogP contribution is -2.40. The molecular formula is C18H23N3O. The predicted molar refractivity (Wildman–Crippen MR) is 88.7 cm³/mol. The van der Waals surface area contributed by atoms with Gasteiger partial charge in [-0.1, -0.05) is 43.9 Å². The minimum absolute atomic E-state index is 0.0472. The first kappa shape index (κ1) is 16.1. The number of carbonyl (C=O) groups is 1. The molecule has 1 aromatic carbocycles. The highest BCUT2D eigenvalue weighted by molar-refractivity contribution is 6.07. The molecule has 116 valence electrons. The molecule has 1 aliphatic carbocycles. The molecule has 0 radical (unpaired) electrons. The molecule has 1 aliphatic rings. The maximum atomic E-state index is 11.6. The Morgan fingerprint density at radius 2 is 1.91 bits per heavy atom. The molecule has 1 atom stereocenters. The van der Waals surface area contributed by atoms with Crippen LogP contribution < -0.4 is 5.73 Å². The predicted octanol–water partition coefficient (Wildman–Crippen LogP) is 2.48. The first-order chi connectivity index (χ1) is 10.4. The number of primary amides is 1. The summed E-state index contributed by atoms with van der Waals surface area (Å²) >= 11 is 0. The quantitative estimate of drug-likeness (QED) is 0.509. The Bertz CT molecular complexity index is 635. The fourth-order valence-electron chi connectivity index (χ4n) is 2.38. The number of benzene rings is 1. The topological polar surface area (TPSA) is 70.2 Å². The van der Waals surface area contributed by atoms with E-state index in [1.54, 1.807) is 18.2 Å². The zero-order chi connectivity index (χ0) is 16.3. The molecule has 0 spiro atoms. The van der Waals surface area contributed by atoms with Gasteiger partial charge < -0.3 is 10.6 Å². The second-order valence-corrected chi connectivity index (χ2v) is 6.12. The Balaban J connectivity index is 2.27. The fourth-order valence-corrected chi connectivity index (χ4v) is 2.38. The number of carbonyl (C=O) groups excluding carboxylic acids is 1. The highest BCUT2D eigenvalue weighted by Gasteiger charge is 2.24. The number of nitrogens with one attached hydrogen (secondary N) is 1. The van der Waals surface area contributed by atoms with Gasteiger partial charge in [0, 0.05) is 24.1 Å². The zero-order valence-electron chi connectivity index (χ0n) is 13.4. The lowest BCUT2D eigenvalue weighted by Gasteiger charge is -2.30. The van der Waals surface area contributed by atoms with Crippen molar-refractivity contribution in [1.82, 2.24) is 4.90 Å². The standard InChI is InChI=1S/C18H23N3O/c1-12(2)16(11-10-13-8-9-13)21(3)17(19)14-6-4-5-7-15(14)18(20)22/h4-7,12-13,16,19H,8-9H2,1-3H3,(H2,20,22). The zero-order valence-corrected chi connectivity index (χ0v) is 13.4. The van der Waals surface area contributed by atoms with Crippen molar-refractivity contribution in [2.45, 2.75) is 32.7 Å². The van der Waals surface area contributed by atoms with Crippen LogP contribution >= 0.6 is 0 Å². The Morgan fingerprint density at radius 1 is 1.32 bits per heavy atom. The van der Waals surface area contributed by atoms with Gasteiger partial charge in [-0.3, -0.25) is 10.2 Å². The molecule has 4 nitrogen and oxygen atoms in total. The summed E-state index contributed by atoms with van der Waals surface area (Å²) in [7, 11) is 1.85. The third kappa shape index (κ3) is 3.67. The summed E-state index contributed by atoms with van der Waals surface area (Å²) in [5.74, 6) is 7.16. The third-order valence-corrected chi connectivity index (χ3v) is 3.86. The van der Waals surface area contributed by atoms with Gasteiger partial charge in [0.1, 0.15) is 5.84 Å². The molecule has 1 fully saturated rings. The molecule has 0 heterocycles. The molecular weight excluding hydrogens is 274 g/mol. The van der Waals surface area contributed by atoms with Crippen molar-refractivity contribution in [2.24, 2.45) is 17.6 Å². The molecule has 0 aromatic heterocycles. The SMILES string of the molecule is CC(C)C(C#CC1CC1)N(C)C(=N)c1ccccc1C(N)=O. The highest BCUT2D eigenvalue weighted by Crippen LogP contribution is 2.28. The van der Waals surface area contributed by atoms with Crippen molar-refractivity contribution in [3.8, 4) is 11.8 Å². The number of rotatable bonds is 4. The molecule has 0 saturated heterocycles. The summed E-state index contributed by atoms with van der Waals surface area (Å²) in [4.78, 5) is 13.4. The summed E-state index contributed by atoms with van der Waals surface area (Å²) < 4.78 is 0. The Hall–Kier alpha value is -2.28. The number of amides is 1. The molecule has 22 heavy (non-hydrogen) atoms. The largest absolute Gasteiger partial charge is 0.366 e. The van der Waals surface area contributed by atoms with Crippen molar-refractivity contribution in [2.75, 3.05) is 7.05 Å². The maximum Gasteiger partial charge on any atom is 0.249 e. The third-order valence-electron chi connectivity index (χ3n) is 3.86. The van der Waals surface area contributed by atoms with Crippen molar-refractivity contribution in [3.63, 3.8) is 0 Å². The number of hydrogen-bond acceptors (Lipinski definition) is 2. The monoisotopic (exact) mass is 297 g/mol. The van der Waals surface area contributed by atoms with Gasteiger partial charge in [-0.25, -0.2) is 0 Å². The number of amidine groups is 1. The summed E-state index contributed by atoms with van der Waals surface area (Å²) in [5, 5.41) is 8.45. The molecule has 0 aliphatic heterocycles. The molecule has 3 N–H and O–H groups in total. The summed E-state index contributed by atoms with van der Waals surface area (Å²) in [6.45, 7) is 4.19. The highest BCUT2D eigenvalue weighted by atomic mass is 16.1. The van der Waals surface area contributed by atoms with Crippen molar-refractivity contribution >= 4 is 11.7 Å². The van der Waals surface area contributed by atoms with Gasteiger partial charge in [-0.05, 0) is 24.8 Å². The first-order valence-corrected chi connectivity index (χ1v) is 7.63. The van der Waals surface area contributed by atoms with Gasteiger partial charge in [0.05, 0.1) is 6.04 Å². The molecule has 1 unspecified atom stereocenters. The second-order valence-electron chi connectivity index (χ2n) is 6.12. The minimum atomic E-state index is -0.515. The maximum absolute atomic E-state index is 11.6. The Labute approximate surface area is 132 Å². The van der Waals surface area contributed by atoms with Gasteiger partial charge in [0.2, 0.25) is 5.91 Å². The second kappa shape index (κ2) is 6.65. The van der Waals surface area contributed by atoms with E-state index in [2.05, 4.69) is 25.7 Å². The van der Waals surface area contributed by atoms with Crippen LogP contribution in [-0.2, 0) is 0 Å². The van der Waals surface area contributed by atoms with Crippen molar-refractivity contribution in [1.29, 1.82) is 5.41 Å². The number of nitrogens with zero attached hydrogens (tertiary/aromatic N) is 1. The Kier molecular flexibility index (Phi) is 4.87. The average molecular weight is 297 g/mol. The van der Waals surface area contributed by atoms with E-state index in [0.29, 0.717) is 17.0 Å². The van der Waals surface area contributed by atoms with Gasteiger partial charge in [-0.2, -0.15) is 0 Å². The van der Waals surface area contributed by atoms with Gasteiger partial charge in [0.15, 0.2) is 0 Å². The molecule has 1 amide bonds. The minimum Gasteiger partial charge on any atom is -0.366 e. The van der Waals surface area contributed by atoms with Crippen LogP contribution in [0.1, 0.15) is 42.6 Å². The lowest BCUT2D eigenvalue weighted by molar-refractivity contribution is 0.1000. The van der Waals surface area contributed by atoms with E-state index in [-0.39, 0.29) is 17.8 Å². The van der Waals surface area contributed by atoms with E-state index in [0.717, 1.165) is 0 Å². The van der Waals surface area contributed by atoms with E-state index >= 15 is 0 Å². The molecule has 4 heteroatoms. The summed E-state index contributed by atoms with van der Waals surface area (Å²) in [6, 6.07) is 6.92. The van der Waals surface area contributed by atoms with E-state index in [1.165, 1.54) is 12.8 Å². The lowest BCUT2D eigenvalue weighted by atomic mass is 10.00. The number of hydrogen-bond donors (Lipinski definition) is 2. The molecule has 2 rings (SSSR count). The summed E-state index contributed by atoms with van der Waals surface area (Å²) in [6.07, 6.45) is 2.37. The summed E-state index contributed by atoms with van der Waals surface area (Å²) in [5.41, 5.74) is 6.34. The van der Waals surface area contributed by atoms with Crippen LogP contribution in [0.5, 0.6) is 0 Å². The van der Waals surface area contributed by atoms with E-state index in [1.807, 2.05) is 18.0 Å². The van der Waals surface area contributed by atoms with Crippen LogP contribution in [0.4, 0.5) is 0 Å². The smallest absolute Gasteiger partial charge is 0.249 e. The molecule has 1 saturated carbocycles. The van der Waals surface area contributed by atoms with Crippen LogP contribution in [0.25, 0.3) is 0 Å². The van der Waals surface area contributed by atoms with Crippen LogP contribution in [0.3, 0.4) is 0 Å². The van der Waals surface area contributed by atoms with Crippen LogP contribution in [-0.4, -0.2) is 29.7 Å². The van der Waals surface area contributed by atoms with Gasteiger partial charge in [-0.15, -0.1) is 0 Å².